The highest BCUT2D eigenvalue weighted by molar-refractivity contribution is 5.41. The van der Waals surface area contributed by atoms with Crippen molar-refractivity contribution in [2.75, 3.05) is 20.3 Å². The van der Waals surface area contributed by atoms with E-state index in [-0.39, 0.29) is 6.61 Å². The van der Waals surface area contributed by atoms with Crippen LogP contribution in [0.3, 0.4) is 0 Å². The third kappa shape index (κ3) is 4.74. The maximum atomic E-state index is 8.86. The average molecular weight is 248 g/mol. The minimum atomic E-state index is 0.262. The van der Waals surface area contributed by atoms with Crippen LogP contribution in [0.5, 0.6) is 5.75 Å². The van der Waals surface area contributed by atoms with Gasteiger partial charge in [-0.3, -0.25) is 0 Å². The van der Waals surface area contributed by atoms with E-state index in [0.29, 0.717) is 12.1 Å². The molecule has 1 aromatic rings. The SMILES string of the molecule is COc1ccc(C#N)cc1CNCCCCCO. The zero-order valence-corrected chi connectivity index (χ0v) is 10.8. The predicted molar refractivity (Wildman–Crippen MR) is 70.4 cm³/mol. The second kappa shape index (κ2) is 8.51. The molecule has 0 amide bonds. The second-order valence-electron chi connectivity index (χ2n) is 4.10. The zero-order valence-electron chi connectivity index (χ0n) is 10.8. The summed E-state index contributed by atoms with van der Waals surface area (Å²) < 4.78 is 5.26. The molecule has 0 aliphatic carbocycles. The molecule has 2 N–H and O–H groups in total. The smallest absolute Gasteiger partial charge is 0.123 e. The van der Waals surface area contributed by atoms with Gasteiger partial charge in [-0.15, -0.1) is 0 Å². The molecule has 1 rings (SSSR count). The van der Waals surface area contributed by atoms with Crippen molar-refractivity contribution in [3.63, 3.8) is 0 Å². The summed E-state index contributed by atoms with van der Waals surface area (Å²) in [7, 11) is 1.63. The fourth-order valence-corrected chi connectivity index (χ4v) is 1.75. The number of aliphatic hydroxyl groups is 1. The molecular weight excluding hydrogens is 228 g/mol. The highest BCUT2D eigenvalue weighted by Gasteiger charge is 2.03. The molecule has 0 radical (unpaired) electrons. The molecule has 0 saturated carbocycles. The number of hydrogen-bond acceptors (Lipinski definition) is 4. The summed E-state index contributed by atoms with van der Waals surface area (Å²) in [6.07, 6.45) is 2.93. The Kier molecular flexibility index (Phi) is 6.85. The highest BCUT2D eigenvalue weighted by atomic mass is 16.5. The van der Waals surface area contributed by atoms with Gasteiger partial charge in [0.2, 0.25) is 0 Å². The molecule has 0 aromatic heterocycles. The number of aliphatic hydroxyl groups excluding tert-OH is 1. The third-order valence-corrected chi connectivity index (χ3v) is 2.74. The number of ether oxygens (including phenoxy) is 1. The van der Waals surface area contributed by atoms with Crippen LogP contribution in [0.15, 0.2) is 18.2 Å². The van der Waals surface area contributed by atoms with Gasteiger partial charge < -0.3 is 15.2 Å². The number of rotatable bonds is 8. The molecule has 0 aliphatic heterocycles. The molecule has 98 valence electrons. The van der Waals surface area contributed by atoms with Gasteiger partial charge in [0.05, 0.1) is 18.7 Å². The normalized spacial score (nSPS) is 10.1. The lowest BCUT2D eigenvalue weighted by molar-refractivity contribution is 0.283. The van der Waals surface area contributed by atoms with Crippen LogP contribution >= 0.6 is 0 Å². The molecule has 0 unspecified atom stereocenters. The lowest BCUT2D eigenvalue weighted by Gasteiger charge is -2.10. The van der Waals surface area contributed by atoms with Gasteiger partial charge in [0, 0.05) is 18.7 Å². The average Bonchev–Trinajstić information content (AvgIpc) is 2.42. The van der Waals surface area contributed by atoms with Crippen LogP contribution in [0.1, 0.15) is 30.4 Å². The molecule has 0 heterocycles. The molecule has 0 atom stereocenters. The number of hydrogen-bond donors (Lipinski definition) is 2. The summed E-state index contributed by atoms with van der Waals surface area (Å²) in [6, 6.07) is 7.55. The molecule has 0 spiro atoms. The van der Waals surface area contributed by atoms with Crippen LogP contribution < -0.4 is 10.1 Å². The Balaban J connectivity index is 2.43. The maximum Gasteiger partial charge on any atom is 0.123 e. The topological polar surface area (TPSA) is 65.3 Å². The number of unbranched alkanes of at least 4 members (excludes halogenated alkanes) is 2. The monoisotopic (exact) mass is 248 g/mol. The van der Waals surface area contributed by atoms with Crippen LogP contribution in [0.4, 0.5) is 0 Å². The van der Waals surface area contributed by atoms with Crippen molar-refractivity contribution in [2.24, 2.45) is 0 Å². The summed E-state index contributed by atoms with van der Waals surface area (Å²) in [6.45, 7) is 1.86. The van der Waals surface area contributed by atoms with E-state index in [1.807, 2.05) is 12.1 Å². The summed E-state index contributed by atoms with van der Waals surface area (Å²) >= 11 is 0. The van der Waals surface area contributed by atoms with Crippen molar-refractivity contribution < 1.29 is 9.84 Å². The first-order valence-electron chi connectivity index (χ1n) is 6.20. The van der Waals surface area contributed by atoms with Crippen LogP contribution in [0.2, 0.25) is 0 Å². The van der Waals surface area contributed by atoms with Crippen molar-refractivity contribution in [3.8, 4) is 11.8 Å². The largest absolute Gasteiger partial charge is 0.496 e. The molecule has 0 fully saturated rings. The molecule has 4 heteroatoms. The second-order valence-corrected chi connectivity index (χ2v) is 4.10. The van der Waals surface area contributed by atoms with Crippen LogP contribution in [-0.4, -0.2) is 25.4 Å². The Bertz CT molecular complexity index is 399. The molecule has 0 aliphatic rings. The first-order valence-corrected chi connectivity index (χ1v) is 6.20. The quantitative estimate of drug-likeness (QED) is 0.689. The number of nitrogens with zero attached hydrogens (tertiary/aromatic N) is 1. The van der Waals surface area contributed by atoms with E-state index < -0.39 is 0 Å². The predicted octanol–water partition coefficient (Wildman–Crippen LogP) is 1.82. The fourth-order valence-electron chi connectivity index (χ4n) is 1.75. The molecule has 0 saturated heterocycles. The molecule has 18 heavy (non-hydrogen) atoms. The van der Waals surface area contributed by atoms with Crippen molar-refractivity contribution in [1.29, 1.82) is 5.26 Å². The number of benzene rings is 1. The zero-order chi connectivity index (χ0) is 13.2. The van der Waals surface area contributed by atoms with E-state index in [9.17, 15) is 0 Å². The van der Waals surface area contributed by atoms with Crippen LogP contribution in [0, 0.1) is 11.3 Å². The maximum absolute atomic E-state index is 8.86. The molecule has 4 nitrogen and oxygen atoms in total. The number of methoxy groups -OCH3 is 1. The van der Waals surface area contributed by atoms with Crippen LogP contribution in [0.25, 0.3) is 0 Å². The van der Waals surface area contributed by atoms with E-state index >= 15 is 0 Å². The highest BCUT2D eigenvalue weighted by Crippen LogP contribution is 2.19. The van der Waals surface area contributed by atoms with E-state index in [1.54, 1.807) is 13.2 Å². The van der Waals surface area contributed by atoms with Gasteiger partial charge >= 0.3 is 0 Å². The van der Waals surface area contributed by atoms with Gasteiger partial charge in [0.25, 0.3) is 0 Å². The molecule has 0 bridgehead atoms. The van der Waals surface area contributed by atoms with Gasteiger partial charge in [-0.2, -0.15) is 5.26 Å². The van der Waals surface area contributed by atoms with E-state index in [4.69, 9.17) is 15.1 Å². The Labute approximate surface area is 108 Å². The Hall–Kier alpha value is -1.57. The first kappa shape index (κ1) is 14.5. The third-order valence-electron chi connectivity index (χ3n) is 2.74. The molecular formula is C14H20N2O2. The summed E-state index contributed by atoms with van der Waals surface area (Å²) in [4.78, 5) is 0. The van der Waals surface area contributed by atoms with E-state index in [1.165, 1.54) is 0 Å². The lowest BCUT2D eigenvalue weighted by Crippen LogP contribution is -2.15. The Morgan fingerprint density at radius 1 is 1.33 bits per heavy atom. The van der Waals surface area contributed by atoms with E-state index in [2.05, 4.69) is 11.4 Å². The Morgan fingerprint density at radius 2 is 2.17 bits per heavy atom. The standard InChI is InChI=1S/C14H20N2O2/c1-18-14-6-5-12(10-15)9-13(14)11-16-7-3-2-4-8-17/h5-6,9,16-17H,2-4,7-8,11H2,1H3. The van der Waals surface area contributed by atoms with Crippen molar-refractivity contribution in [2.45, 2.75) is 25.8 Å². The van der Waals surface area contributed by atoms with Crippen molar-refractivity contribution >= 4 is 0 Å². The summed E-state index contributed by atoms with van der Waals surface area (Å²) in [5.41, 5.74) is 1.64. The van der Waals surface area contributed by atoms with Gasteiger partial charge in [0.15, 0.2) is 0 Å². The van der Waals surface area contributed by atoms with E-state index in [0.717, 1.165) is 37.1 Å². The summed E-state index contributed by atoms with van der Waals surface area (Å²) in [5.74, 6) is 0.803. The minimum absolute atomic E-state index is 0.262. The number of nitriles is 1. The van der Waals surface area contributed by atoms with Gasteiger partial charge in [-0.1, -0.05) is 0 Å². The van der Waals surface area contributed by atoms with Crippen molar-refractivity contribution in [1.82, 2.24) is 5.32 Å². The van der Waals surface area contributed by atoms with Crippen molar-refractivity contribution in [3.05, 3.63) is 29.3 Å². The van der Waals surface area contributed by atoms with Gasteiger partial charge in [-0.05, 0) is 44.0 Å². The van der Waals surface area contributed by atoms with Gasteiger partial charge in [0.1, 0.15) is 5.75 Å². The van der Waals surface area contributed by atoms with Gasteiger partial charge in [-0.25, -0.2) is 0 Å². The Morgan fingerprint density at radius 3 is 2.83 bits per heavy atom. The first-order chi connectivity index (χ1) is 8.81. The number of nitrogens with one attached hydrogen (secondary N) is 1. The lowest BCUT2D eigenvalue weighted by atomic mass is 10.1. The molecule has 1 aromatic carbocycles. The minimum Gasteiger partial charge on any atom is -0.496 e. The fraction of sp³-hybridized carbons (Fsp3) is 0.500. The van der Waals surface area contributed by atoms with Crippen LogP contribution in [-0.2, 0) is 6.54 Å². The summed E-state index contributed by atoms with van der Waals surface area (Å²) in [5, 5.41) is 20.8.